The van der Waals surface area contributed by atoms with E-state index >= 15 is 0 Å². The fourth-order valence-corrected chi connectivity index (χ4v) is 2.79. The molecule has 0 amide bonds. The molecular weight excluding hydrogens is 292 g/mol. The molecule has 0 radical (unpaired) electrons. The van der Waals surface area contributed by atoms with Crippen LogP contribution in [-0.2, 0) is 9.53 Å². The minimum Gasteiger partial charge on any atom is -0.469 e. The van der Waals surface area contributed by atoms with E-state index < -0.39 is 6.10 Å². The van der Waals surface area contributed by atoms with Crippen LogP contribution < -0.4 is 0 Å². The van der Waals surface area contributed by atoms with E-state index in [-0.39, 0.29) is 12.1 Å². The van der Waals surface area contributed by atoms with Crippen LogP contribution in [0.1, 0.15) is 51.4 Å². The number of esters is 1. The molecule has 4 nitrogen and oxygen atoms in total. The number of hydrogen-bond donors (Lipinski definition) is 2. The molecule has 2 atom stereocenters. The van der Waals surface area contributed by atoms with Gasteiger partial charge in [-0.2, -0.15) is 0 Å². The molecule has 1 aliphatic rings. The van der Waals surface area contributed by atoms with Gasteiger partial charge in [0.1, 0.15) is 0 Å². The summed E-state index contributed by atoms with van der Waals surface area (Å²) in [7, 11) is 1.36. The molecule has 2 N–H and O–H groups in total. The summed E-state index contributed by atoms with van der Waals surface area (Å²) in [6, 6.07) is 0. The number of allylic oxidation sites excluding steroid dienone is 4. The Morgan fingerprint density at radius 2 is 1.74 bits per heavy atom. The first kappa shape index (κ1) is 19.7. The van der Waals surface area contributed by atoms with Crippen molar-refractivity contribution in [3.05, 3.63) is 36.5 Å². The van der Waals surface area contributed by atoms with Gasteiger partial charge < -0.3 is 14.9 Å². The Hall–Kier alpha value is -1.39. The number of hydrogen-bond acceptors (Lipinski definition) is 4. The lowest BCUT2D eigenvalue weighted by Crippen LogP contribution is -2.20. The monoisotopic (exact) mass is 322 g/mol. The second kappa shape index (κ2) is 12.1. The Bertz CT molecular complexity index is 406. The van der Waals surface area contributed by atoms with Crippen LogP contribution in [-0.4, -0.2) is 35.5 Å². The quantitative estimate of drug-likeness (QED) is 0.505. The normalized spacial score (nSPS) is 19.6. The molecule has 2 unspecified atom stereocenters. The van der Waals surface area contributed by atoms with Crippen molar-refractivity contribution in [1.82, 2.24) is 0 Å². The van der Waals surface area contributed by atoms with Crippen LogP contribution in [0, 0.1) is 5.92 Å². The van der Waals surface area contributed by atoms with E-state index in [1.165, 1.54) is 26.4 Å². The van der Waals surface area contributed by atoms with Crippen LogP contribution >= 0.6 is 0 Å². The number of carbonyl (C=O) groups excluding carboxylic acids is 1. The van der Waals surface area contributed by atoms with Gasteiger partial charge in [0.2, 0.25) is 0 Å². The van der Waals surface area contributed by atoms with Crippen LogP contribution in [0.25, 0.3) is 0 Å². The summed E-state index contributed by atoms with van der Waals surface area (Å²) in [6.07, 6.45) is 17.4. The predicted molar refractivity (Wildman–Crippen MR) is 91.9 cm³/mol. The number of carbonyl (C=O) groups is 1. The zero-order valence-corrected chi connectivity index (χ0v) is 14.1. The molecule has 1 saturated carbocycles. The molecule has 1 aliphatic carbocycles. The zero-order valence-electron chi connectivity index (χ0n) is 14.1. The van der Waals surface area contributed by atoms with E-state index in [0.717, 1.165) is 12.8 Å². The lowest BCUT2D eigenvalue weighted by atomic mass is 9.85. The maximum atomic E-state index is 10.9. The van der Waals surface area contributed by atoms with Crippen LogP contribution in [0.4, 0.5) is 0 Å². The molecule has 1 fully saturated rings. The van der Waals surface area contributed by atoms with Gasteiger partial charge in [-0.05, 0) is 31.6 Å². The fourth-order valence-electron chi connectivity index (χ4n) is 2.79. The predicted octanol–water partition coefficient (Wildman–Crippen LogP) is 3.30. The molecule has 0 aromatic carbocycles. The summed E-state index contributed by atoms with van der Waals surface area (Å²) < 4.78 is 4.54. The maximum absolute atomic E-state index is 10.9. The Balaban J connectivity index is 2.18. The maximum Gasteiger partial charge on any atom is 0.305 e. The van der Waals surface area contributed by atoms with Crippen LogP contribution in [0.3, 0.4) is 0 Å². The lowest BCUT2D eigenvalue weighted by Gasteiger charge is -2.24. The van der Waals surface area contributed by atoms with Crippen LogP contribution in [0.2, 0.25) is 0 Å². The minimum atomic E-state index is -0.555. The summed E-state index contributed by atoms with van der Waals surface area (Å²) in [5.74, 6) is 0.156. The summed E-state index contributed by atoms with van der Waals surface area (Å²) in [5, 5.41) is 19.8. The Morgan fingerprint density at radius 3 is 2.39 bits per heavy atom. The molecule has 23 heavy (non-hydrogen) atoms. The lowest BCUT2D eigenvalue weighted by molar-refractivity contribution is -0.140. The van der Waals surface area contributed by atoms with Gasteiger partial charge in [-0.25, -0.2) is 0 Å². The number of aliphatic hydroxyl groups is 2. The van der Waals surface area contributed by atoms with Gasteiger partial charge in [-0.3, -0.25) is 4.79 Å². The van der Waals surface area contributed by atoms with E-state index in [1.54, 1.807) is 12.2 Å². The number of rotatable bonds is 9. The average Bonchev–Trinajstić information content (AvgIpc) is 2.58. The Kier molecular flexibility index (Phi) is 10.3. The van der Waals surface area contributed by atoms with Gasteiger partial charge in [0.25, 0.3) is 0 Å². The van der Waals surface area contributed by atoms with Crippen molar-refractivity contribution in [3.8, 4) is 0 Å². The summed E-state index contributed by atoms with van der Waals surface area (Å²) >= 11 is 0. The largest absolute Gasteiger partial charge is 0.469 e. The van der Waals surface area contributed by atoms with E-state index in [4.69, 9.17) is 0 Å². The van der Waals surface area contributed by atoms with Crippen LogP contribution in [0.5, 0.6) is 0 Å². The minimum absolute atomic E-state index is 0.247. The highest BCUT2D eigenvalue weighted by atomic mass is 16.5. The highest BCUT2D eigenvalue weighted by Gasteiger charge is 2.18. The molecule has 0 heterocycles. The van der Waals surface area contributed by atoms with Gasteiger partial charge >= 0.3 is 5.97 Å². The van der Waals surface area contributed by atoms with Crippen molar-refractivity contribution in [1.29, 1.82) is 0 Å². The van der Waals surface area contributed by atoms with Crippen molar-refractivity contribution in [2.24, 2.45) is 5.92 Å². The van der Waals surface area contributed by atoms with Gasteiger partial charge in [0.05, 0.1) is 19.3 Å². The first-order valence-corrected chi connectivity index (χ1v) is 8.58. The van der Waals surface area contributed by atoms with Crippen molar-refractivity contribution in [2.45, 2.75) is 63.6 Å². The molecule has 0 spiro atoms. The van der Waals surface area contributed by atoms with E-state index in [1.807, 2.05) is 24.3 Å². The number of ether oxygens (including phenoxy) is 1. The molecule has 4 heteroatoms. The van der Waals surface area contributed by atoms with Gasteiger partial charge in [0, 0.05) is 6.42 Å². The highest BCUT2D eigenvalue weighted by molar-refractivity contribution is 5.68. The molecule has 0 bridgehead atoms. The first-order valence-electron chi connectivity index (χ1n) is 8.58. The van der Waals surface area contributed by atoms with Crippen molar-refractivity contribution >= 4 is 5.97 Å². The number of aliphatic hydroxyl groups excluding tert-OH is 2. The molecule has 0 aromatic rings. The standard InChI is InChI=1S/C19H30O4/c1-23-19(22)15-9-13-17(20)12-7-2-3-8-14-18(21)16-10-5-4-6-11-16/h2-3,7-8,12,14,16-18,20-21H,4-6,9-11,13,15H2,1H3. The van der Waals surface area contributed by atoms with Crippen LogP contribution in [0.15, 0.2) is 36.5 Å². The Labute approximate surface area is 139 Å². The molecule has 130 valence electrons. The summed E-state index contributed by atoms with van der Waals surface area (Å²) in [6.45, 7) is 0. The summed E-state index contributed by atoms with van der Waals surface area (Å²) in [4.78, 5) is 10.9. The van der Waals surface area contributed by atoms with E-state index in [0.29, 0.717) is 25.2 Å². The third-order valence-corrected chi connectivity index (χ3v) is 4.22. The van der Waals surface area contributed by atoms with Gasteiger partial charge in [-0.1, -0.05) is 55.7 Å². The smallest absolute Gasteiger partial charge is 0.305 e. The Morgan fingerprint density at radius 1 is 1.09 bits per heavy atom. The third kappa shape index (κ3) is 9.36. The topological polar surface area (TPSA) is 66.8 Å². The van der Waals surface area contributed by atoms with Crippen molar-refractivity contribution < 1.29 is 19.7 Å². The molecule has 1 rings (SSSR count). The van der Waals surface area contributed by atoms with Crippen molar-refractivity contribution in [3.63, 3.8) is 0 Å². The SMILES string of the molecule is COC(=O)CCCC(O)C=CC=CC=CC(O)C1CCCCC1. The zero-order chi connectivity index (χ0) is 16.9. The second-order valence-corrected chi connectivity index (χ2v) is 6.08. The molecule has 0 saturated heterocycles. The molecular formula is C19H30O4. The second-order valence-electron chi connectivity index (χ2n) is 6.08. The molecule has 0 aromatic heterocycles. The average molecular weight is 322 g/mol. The van der Waals surface area contributed by atoms with Gasteiger partial charge in [-0.15, -0.1) is 0 Å². The van der Waals surface area contributed by atoms with E-state index in [2.05, 4.69) is 4.74 Å². The third-order valence-electron chi connectivity index (χ3n) is 4.22. The fraction of sp³-hybridized carbons (Fsp3) is 0.632. The highest BCUT2D eigenvalue weighted by Crippen LogP contribution is 2.26. The number of methoxy groups -OCH3 is 1. The van der Waals surface area contributed by atoms with Crippen molar-refractivity contribution in [2.75, 3.05) is 7.11 Å². The first-order chi connectivity index (χ1) is 11.1. The summed E-state index contributed by atoms with van der Waals surface area (Å²) in [5.41, 5.74) is 0. The van der Waals surface area contributed by atoms with E-state index in [9.17, 15) is 15.0 Å². The van der Waals surface area contributed by atoms with Gasteiger partial charge in [0.15, 0.2) is 0 Å². The molecule has 0 aliphatic heterocycles.